The number of hydrogen-bond donors (Lipinski definition) is 3. The lowest BCUT2D eigenvalue weighted by atomic mass is 9.99. The molecule has 5 atom stereocenters. The summed E-state index contributed by atoms with van der Waals surface area (Å²) < 4.78 is 10.4. The van der Waals surface area contributed by atoms with Gasteiger partial charge in [-0.2, -0.15) is 0 Å². The molecule has 6 nitrogen and oxygen atoms in total. The van der Waals surface area contributed by atoms with E-state index in [9.17, 15) is 15.0 Å². The average Bonchev–Trinajstić information content (AvgIpc) is 2.55. The van der Waals surface area contributed by atoms with Crippen LogP contribution < -0.4 is 5.32 Å². The van der Waals surface area contributed by atoms with Crippen molar-refractivity contribution in [3.63, 3.8) is 0 Å². The fraction of sp³-hybridized carbons (Fsp3) is 0.875. The van der Waals surface area contributed by atoms with E-state index in [1.165, 1.54) is 6.92 Å². The summed E-state index contributed by atoms with van der Waals surface area (Å²) in [7, 11) is 0. The van der Waals surface area contributed by atoms with E-state index in [2.05, 4.69) is 5.32 Å². The van der Waals surface area contributed by atoms with Gasteiger partial charge in [-0.3, -0.25) is 4.79 Å². The smallest absolute Gasteiger partial charge is 0.217 e. The number of ether oxygens (including phenoxy) is 2. The molecule has 0 unspecified atom stereocenters. The highest BCUT2D eigenvalue weighted by Gasteiger charge is 2.49. The quantitative estimate of drug-likeness (QED) is 0.457. The van der Waals surface area contributed by atoms with Crippen molar-refractivity contribution in [1.82, 2.24) is 5.32 Å². The third-order valence-corrected chi connectivity index (χ3v) is 2.50. The van der Waals surface area contributed by atoms with Gasteiger partial charge in [0.2, 0.25) is 5.91 Å². The van der Waals surface area contributed by atoms with Crippen LogP contribution in [0.5, 0.6) is 0 Å². The van der Waals surface area contributed by atoms with Crippen LogP contribution in [0.15, 0.2) is 0 Å². The van der Waals surface area contributed by atoms with Gasteiger partial charge >= 0.3 is 0 Å². The first-order valence-electron chi connectivity index (χ1n) is 4.50. The fourth-order valence-corrected chi connectivity index (χ4v) is 1.79. The molecule has 80 valence electrons. The summed E-state index contributed by atoms with van der Waals surface area (Å²) >= 11 is 0. The second-order valence-electron chi connectivity index (χ2n) is 3.58. The van der Waals surface area contributed by atoms with Crippen molar-refractivity contribution < 1.29 is 24.5 Å². The molecule has 1 amide bonds. The van der Waals surface area contributed by atoms with E-state index >= 15 is 0 Å². The lowest BCUT2D eigenvalue weighted by Crippen LogP contribution is -2.60. The van der Waals surface area contributed by atoms with Gasteiger partial charge < -0.3 is 25.0 Å². The number of hydrogen-bond acceptors (Lipinski definition) is 5. The second kappa shape index (κ2) is 3.47. The highest BCUT2D eigenvalue weighted by atomic mass is 16.7. The first kappa shape index (κ1) is 9.85. The zero-order chi connectivity index (χ0) is 10.3. The van der Waals surface area contributed by atoms with Gasteiger partial charge in [0.15, 0.2) is 6.29 Å². The van der Waals surface area contributed by atoms with Crippen molar-refractivity contribution >= 4 is 5.91 Å². The van der Waals surface area contributed by atoms with Crippen LogP contribution in [-0.4, -0.2) is 53.4 Å². The van der Waals surface area contributed by atoms with E-state index in [-0.39, 0.29) is 12.5 Å². The Morgan fingerprint density at radius 3 is 2.79 bits per heavy atom. The maximum atomic E-state index is 10.8. The number of aliphatic hydroxyl groups excluding tert-OH is 2. The summed E-state index contributed by atoms with van der Waals surface area (Å²) in [4.78, 5) is 10.8. The van der Waals surface area contributed by atoms with Crippen LogP contribution in [-0.2, 0) is 14.3 Å². The lowest BCUT2D eigenvalue weighted by molar-refractivity contribution is -0.186. The molecule has 0 aromatic carbocycles. The number of fused-ring (bicyclic) bond motifs is 2. The zero-order valence-corrected chi connectivity index (χ0v) is 7.71. The van der Waals surface area contributed by atoms with Gasteiger partial charge in [0.25, 0.3) is 0 Å². The maximum Gasteiger partial charge on any atom is 0.217 e. The molecule has 2 fully saturated rings. The summed E-state index contributed by atoms with van der Waals surface area (Å²) in [6, 6.07) is -0.693. The predicted octanol–water partition coefficient (Wildman–Crippen LogP) is -2.03. The normalized spacial score (nSPS) is 46.4. The van der Waals surface area contributed by atoms with Gasteiger partial charge in [0, 0.05) is 6.92 Å². The lowest BCUT2D eigenvalue weighted by Gasteiger charge is -2.35. The van der Waals surface area contributed by atoms with Crippen LogP contribution in [0.2, 0.25) is 0 Å². The van der Waals surface area contributed by atoms with Crippen LogP contribution in [0.1, 0.15) is 6.92 Å². The van der Waals surface area contributed by atoms with E-state index in [0.717, 1.165) is 0 Å². The monoisotopic (exact) mass is 203 g/mol. The largest absolute Gasteiger partial charge is 0.388 e. The molecule has 0 aliphatic carbocycles. The number of carbonyl (C=O) groups excluding carboxylic acids is 1. The molecule has 2 bridgehead atoms. The van der Waals surface area contributed by atoms with Crippen molar-refractivity contribution in [3.05, 3.63) is 0 Å². The first-order chi connectivity index (χ1) is 6.59. The number of amides is 1. The minimum Gasteiger partial charge on any atom is -0.388 e. The molecule has 2 saturated heterocycles. The molecule has 14 heavy (non-hydrogen) atoms. The van der Waals surface area contributed by atoms with Crippen LogP contribution in [0, 0.1) is 0 Å². The van der Waals surface area contributed by atoms with Crippen molar-refractivity contribution in [2.75, 3.05) is 6.61 Å². The Morgan fingerprint density at radius 1 is 1.43 bits per heavy atom. The van der Waals surface area contributed by atoms with Crippen molar-refractivity contribution in [2.24, 2.45) is 0 Å². The molecule has 2 heterocycles. The zero-order valence-electron chi connectivity index (χ0n) is 7.71. The third kappa shape index (κ3) is 1.50. The summed E-state index contributed by atoms with van der Waals surface area (Å²) in [5.41, 5.74) is 0. The summed E-state index contributed by atoms with van der Waals surface area (Å²) in [5.74, 6) is -0.293. The average molecular weight is 203 g/mol. The molecule has 2 rings (SSSR count). The van der Waals surface area contributed by atoms with E-state index in [0.29, 0.717) is 0 Å². The standard InChI is InChI=1S/C8H13NO5/c1-3(10)9-5-7(12)6(11)4-2-13-8(5)14-4/h4-8,11-12H,2H2,1H3,(H,9,10)/t4-,5-,6+,7-,8+/m1/s1. The Balaban J connectivity index is 2.10. The molecule has 0 spiro atoms. The molecule has 0 radical (unpaired) electrons. The highest BCUT2D eigenvalue weighted by Crippen LogP contribution is 2.27. The summed E-state index contributed by atoms with van der Waals surface area (Å²) in [5, 5.41) is 21.7. The second-order valence-corrected chi connectivity index (χ2v) is 3.58. The van der Waals surface area contributed by atoms with Crippen molar-refractivity contribution in [2.45, 2.75) is 37.6 Å². The van der Waals surface area contributed by atoms with Gasteiger partial charge in [-0.25, -0.2) is 0 Å². The minimum absolute atomic E-state index is 0.249. The molecule has 2 aliphatic rings. The number of carbonyl (C=O) groups is 1. The minimum atomic E-state index is -1.04. The van der Waals surface area contributed by atoms with Crippen LogP contribution in [0.25, 0.3) is 0 Å². The van der Waals surface area contributed by atoms with Crippen molar-refractivity contribution in [1.29, 1.82) is 0 Å². The number of aliphatic hydroxyl groups is 2. The number of nitrogens with one attached hydrogen (secondary N) is 1. The molecular weight excluding hydrogens is 190 g/mol. The van der Waals surface area contributed by atoms with Gasteiger partial charge in [-0.15, -0.1) is 0 Å². The predicted molar refractivity (Wildman–Crippen MR) is 44.2 cm³/mol. The van der Waals surface area contributed by atoms with E-state index in [1.807, 2.05) is 0 Å². The summed E-state index contributed by atoms with van der Waals surface area (Å²) in [6.07, 6.45) is -3.18. The van der Waals surface area contributed by atoms with Gasteiger partial charge in [-0.1, -0.05) is 0 Å². The van der Waals surface area contributed by atoms with Gasteiger partial charge in [0.05, 0.1) is 6.61 Å². The Kier molecular flexibility index (Phi) is 2.44. The molecule has 0 aromatic heterocycles. The van der Waals surface area contributed by atoms with E-state index in [4.69, 9.17) is 9.47 Å². The SMILES string of the molecule is CC(=O)N[C@H]1[C@H]2OC[C@@H](O2)[C@H](O)[C@@H]1O. The molecular formula is C8H13NO5. The Bertz CT molecular complexity index is 246. The Hall–Kier alpha value is -0.690. The Morgan fingerprint density at radius 2 is 2.14 bits per heavy atom. The van der Waals surface area contributed by atoms with Gasteiger partial charge in [0.1, 0.15) is 24.4 Å². The van der Waals surface area contributed by atoms with Crippen molar-refractivity contribution in [3.8, 4) is 0 Å². The van der Waals surface area contributed by atoms with Crippen LogP contribution in [0.3, 0.4) is 0 Å². The topological polar surface area (TPSA) is 88.0 Å². The van der Waals surface area contributed by atoms with E-state index < -0.39 is 30.6 Å². The van der Waals surface area contributed by atoms with Crippen LogP contribution >= 0.6 is 0 Å². The Labute approximate surface area is 80.8 Å². The fourth-order valence-electron chi connectivity index (χ4n) is 1.79. The first-order valence-corrected chi connectivity index (χ1v) is 4.50. The molecule has 0 saturated carbocycles. The number of rotatable bonds is 1. The maximum absolute atomic E-state index is 10.8. The summed E-state index contributed by atoms with van der Waals surface area (Å²) in [6.45, 7) is 1.58. The third-order valence-electron chi connectivity index (χ3n) is 2.50. The molecule has 2 aliphatic heterocycles. The highest BCUT2D eigenvalue weighted by molar-refractivity contribution is 5.73. The molecule has 0 aromatic rings. The van der Waals surface area contributed by atoms with Gasteiger partial charge in [-0.05, 0) is 0 Å². The van der Waals surface area contributed by atoms with Crippen LogP contribution in [0.4, 0.5) is 0 Å². The van der Waals surface area contributed by atoms with E-state index in [1.54, 1.807) is 0 Å². The molecule has 3 N–H and O–H groups in total. The molecule has 6 heteroatoms.